The van der Waals surface area contributed by atoms with E-state index >= 15 is 0 Å². The Balaban J connectivity index is 1.31. The quantitative estimate of drug-likeness (QED) is 0.610. The molecule has 0 spiro atoms. The molecule has 1 aromatic rings. The third-order valence-electron chi connectivity index (χ3n) is 6.41. The minimum atomic E-state index is -0.173. The van der Waals surface area contributed by atoms with Crippen molar-refractivity contribution in [2.24, 2.45) is 17.8 Å². The zero-order valence-corrected chi connectivity index (χ0v) is 16.8. The van der Waals surface area contributed by atoms with E-state index in [2.05, 4.69) is 5.32 Å². The number of nitrogens with zero attached hydrogens (tertiary/aromatic N) is 1. The standard InChI is InChI=1S/C23H28N2O4/c1-2-29-18-13-9-16(10-14-18)24-21(26)15-7-11-17(12-8-15)25-22(27)19-5-3-4-6-20(19)23(25)28/h3-4,9-10,13-15,17,19-20H,2,5-8,11-12H2,1H3,(H,24,26)/t15?,17?,19-,20-/m1/s1. The molecule has 0 aromatic heterocycles. The Bertz CT molecular complexity index is 783. The number of anilines is 1. The number of fused-ring (bicyclic) bond motifs is 1. The SMILES string of the molecule is CCOc1ccc(NC(=O)C2CCC(N3C(=O)[C@@H]4CC=CC[C@H]4C3=O)CC2)cc1. The van der Waals surface area contributed by atoms with Gasteiger partial charge < -0.3 is 10.1 Å². The molecule has 6 nitrogen and oxygen atoms in total. The minimum absolute atomic E-state index is 0.00422. The van der Waals surface area contributed by atoms with Crippen LogP contribution in [0.1, 0.15) is 45.4 Å². The fraction of sp³-hybridized carbons (Fsp3) is 0.522. The van der Waals surface area contributed by atoms with E-state index in [1.54, 1.807) is 0 Å². The van der Waals surface area contributed by atoms with Crippen LogP contribution in [0.15, 0.2) is 36.4 Å². The van der Waals surface area contributed by atoms with Crippen molar-refractivity contribution in [3.05, 3.63) is 36.4 Å². The fourth-order valence-electron chi connectivity index (χ4n) is 4.83. The maximum Gasteiger partial charge on any atom is 0.233 e. The summed E-state index contributed by atoms with van der Waals surface area (Å²) in [6, 6.07) is 7.30. The molecule has 2 atom stereocenters. The molecule has 1 heterocycles. The van der Waals surface area contributed by atoms with Gasteiger partial charge >= 0.3 is 0 Å². The van der Waals surface area contributed by atoms with Crippen LogP contribution in [0.3, 0.4) is 0 Å². The minimum Gasteiger partial charge on any atom is -0.494 e. The number of likely N-dealkylation sites (tertiary alicyclic amines) is 1. The maximum absolute atomic E-state index is 12.8. The van der Waals surface area contributed by atoms with E-state index in [1.807, 2.05) is 43.3 Å². The zero-order valence-electron chi connectivity index (χ0n) is 16.8. The second kappa shape index (κ2) is 8.39. The van der Waals surface area contributed by atoms with Crippen LogP contribution in [-0.2, 0) is 14.4 Å². The van der Waals surface area contributed by atoms with Crippen molar-refractivity contribution < 1.29 is 19.1 Å². The summed E-state index contributed by atoms with van der Waals surface area (Å²) in [6.07, 6.45) is 8.15. The molecule has 1 aliphatic heterocycles. The Hall–Kier alpha value is -2.63. The largest absolute Gasteiger partial charge is 0.494 e. The van der Waals surface area contributed by atoms with Gasteiger partial charge in [0, 0.05) is 17.6 Å². The van der Waals surface area contributed by atoms with E-state index in [0.717, 1.165) is 11.4 Å². The molecule has 2 aliphatic carbocycles. The van der Waals surface area contributed by atoms with Crippen molar-refractivity contribution in [1.82, 2.24) is 4.90 Å². The fourth-order valence-corrected chi connectivity index (χ4v) is 4.83. The summed E-state index contributed by atoms with van der Waals surface area (Å²) < 4.78 is 5.42. The molecule has 2 fully saturated rings. The average molecular weight is 396 g/mol. The van der Waals surface area contributed by atoms with Crippen molar-refractivity contribution in [1.29, 1.82) is 0 Å². The number of nitrogens with one attached hydrogen (secondary N) is 1. The molecule has 154 valence electrons. The number of hydrogen-bond acceptors (Lipinski definition) is 4. The summed E-state index contributed by atoms with van der Waals surface area (Å²) in [5.74, 6) is 0.334. The first-order valence-corrected chi connectivity index (χ1v) is 10.6. The predicted octanol–water partition coefficient (Wildman–Crippen LogP) is 3.53. The summed E-state index contributed by atoms with van der Waals surface area (Å²) >= 11 is 0. The molecule has 1 saturated carbocycles. The van der Waals surface area contributed by atoms with Gasteiger partial charge in [0.15, 0.2) is 0 Å². The second-order valence-electron chi connectivity index (χ2n) is 8.15. The zero-order chi connectivity index (χ0) is 20.4. The lowest BCUT2D eigenvalue weighted by Gasteiger charge is -2.33. The number of allylic oxidation sites excluding steroid dienone is 2. The highest BCUT2D eigenvalue weighted by Gasteiger charge is 2.50. The highest BCUT2D eigenvalue weighted by molar-refractivity contribution is 6.05. The highest BCUT2D eigenvalue weighted by Crippen LogP contribution is 2.39. The normalized spacial score (nSPS) is 28.9. The first kappa shape index (κ1) is 19.7. The predicted molar refractivity (Wildman–Crippen MR) is 109 cm³/mol. The highest BCUT2D eigenvalue weighted by atomic mass is 16.5. The van der Waals surface area contributed by atoms with Gasteiger partial charge in [-0.1, -0.05) is 12.2 Å². The third kappa shape index (κ3) is 3.93. The van der Waals surface area contributed by atoms with E-state index in [1.165, 1.54) is 4.90 Å². The van der Waals surface area contributed by atoms with E-state index in [0.29, 0.717) is 45.1 Å². The van der Waals surface area contributed by atoms with Gasteiger partial charge in [0.2, 0.25) is 17.7 Å². The summed E-state index contributed by atoms with van der Waals surface area (Å²) in [5, 5.41) is 2.97. The Morgan fingerprint density at radius 1 is 1.00 bits per heavy atom. The molecule has 29 heavy (non-hydrogen) atoms. The van der Waals surface area contributed by atoms with E-state index in [-0.39, 0.29) is 41.5 Å². The van der Waals surface area contributed by atoms with E-state index in [4.69, 9.17) is 4.74 Å². The molecular weight excluding hydrogens is 368 g/mol. The van der Waals surface area contributed by atoms with Gasteiger partial charge in [-0.15, -0.1) is 0 Å². The Morgan fingerprint density at radius 2 is 1.59 bits per heavy atom. The summed E-state index contributed by atoms with van der Waals surface area (Å²) in [7, 11) is 0. The number of benzene rings is 1. The van der Waals surface area contributed by atoms with Gasteiger partial charge in [-0.2, -0.15) is 0 Å². The summed E-state index contributed by atoms with van der Waals surface area (Å²) in [4.78, 5) is 39.7. The Labute approximate surface area is 171 Å². The van der Waals surface area contributed by atoms with E-state index in [9.17, 15) is 14.4 Å². The molecule has 1 N–H and O–H groups in total. The first-order chi connectivity index (χ1) is 14.1. The molecule has 1 aromatic carbocycles. The van der Waals surface area contributed by atoms with Gasteiger partial charge in [-0.05, 0) is 69.7 Å². The molecule has 1 saturated heterocycles. The van der Waals surface area contributed by atoms with Crippen molar-refractivity contribution in [2.75, 3.05) is 11.9 Å². The van der Waals surface area contributed by atoms with Gasteiger partial charge in [-0.3, -0.25) is 19.3 Å². The van der Waals surface area contributed by atoms with E-state index < -0.39 is 0 Å². The topological polar surface area (TPSA) is 75.7 Å². The van der Waals surface area contributed by atoms with Gasteiger partial charge in [0.05, 0.1) is 18.4 Å². The summed E-state index contributed by atoms with van der Waals surface area (Å²) in [5.41, 5.74) is 0.752. The lowest BCUT2D eigenvalue weighted by atomic mass is 9.84. The van der Waals surface area contributed by atoms with Crippen molar-refractivity contribution in [3.63, 3.8) is 0 Å². The molecule has 3 aliphatic rings. The number of carbonyl (C=O) groups is 3. The van der Waals surface area contributed by atoms with Crippen molar-refractivity contribution in [2.45, 2.75) is 51.5 Å². The number of rotatable bonds is 5. The average Bonchev–Trinajstić information content (AvgIpc) is 3.00. The molecule has 0 bridgehead atoms. The number of carbonyl (C=O) groups excluding carboxylic acids is 3. The van der Waals surface area contributed by atoms with Crippen LogP contribution in [0.25, 0.3) is 0 Å². The third-order valence-corrected chi connectivity index (χ3v) is 6.41. The molecule has 0 radical (unpaired) electrons. The monoisotopic (exact) mass is 396 g/mol. The van der Waals surface area contributed by atoms with Crippen LogP contribution in [-0.4, -0.2) is 35.3 Å². The van der Waals surface area contributed by atoms with Crippen LogP contribution < -0.4 is 10.1 Å². The second-order valence-corrected chi connectivity index (χ2v) is 8.15. The Kier molecular flexibility index (Phi) is 5.69. The lowest BCUT2D eigenvalue weighted by molar-refractivity contribution is -0.143. The molecule has 3 amide bonds. The molecule has 0 unspecified atom stereocenters. The smallest absolute Gasteiger partial charge is 0.233 e. The molecule has 4 rings (SSSR count). The maximum atomic E-state index is 12.8. The van der Waals surface area contributed by atoms with Gasteiger partial charge in [0.25, 0.3) is 0 Å². The van der Waals surface area contributed by atoms with Crippen LogP contribution in [0.2, 0.25) is 0 Å². The number of ether oxygens (including phenoxy) is 1. The number of amides is 3. The number of imide groups is 1. The van der Waals surface area contributed by atoms with Crippen LogP contribution >= 0.6 is 0 Å². The van der Waals surface area contributed by atoms with Gasteiger partial charge in [-0.25, -0.2) is 0 Å². The van der Waals surface area contributed by atoms with Gasteiger partial charge in [0.1, 0.15) is 5.75 Å². The lowest BCUT2D eigenvalue weighted by Crippen LogP contribution is -2.43. The van der Waals surface area contributed by atoms with Crippen molar-refractivity contribution in [3.8, 4) is 5.75 Å². The van der Waals surface area contributed by atoms with Crippen LogP contribution in [0.4, 0.5) is 5.69 Å². The molecule has 6 heteroatoms. The Morgan fingerprint density at radius 3 is 2.14 bits per heavy atom. The summed E-state index contributed by atoms with van der Waals surface area (Å²) in [6.45, 7) is 2.54. The van der Waals surface area contributed by atoms with Crippen LogP contribution in [0.5, 0.6) is 5.75 Å². The number of hydrogen-bond donors (Lipinski definition) is 1. The van der Waals surface area contributed by atoms with Crippen molar-refractivity contribution >= 4 is 23.4 Å². The molecular formula is C23H28N2O4. The first-order valence-electron chi connectivity index (χ1n) is 10.6. The van der Waals surface area contributed by atoms with Crippen LogP contribution in [0, 0.1) is 17.8 Å².